The Morgan fingerprint density at radius 3 is 3.33 bits per heavy atom. The van der Waals surface area contributed by atoms with Crippen molar-refractivity contribution < 1.29 is 4.79 Å². The second-order valence-corrected chi connectivity index (χ2v) is 2.62. The van der Waals surface area contributed by atoms with E-state index >= 15 is 0 Å². The first-order chi connectivity index (χ1) is 5.92. The second kappa shape index (κ2) is 2.77. The number of nitrogens with one attached hydrogen (secondary N) is 1. The van der Waals surface area contributed by atoms with Crippen LogP contribution in [0.25, 0.3) is 6.08 Å². The van der Waals surface area contributed by atoms with Crippen LogP contribution in [-0.2, 0) is 4.79 Å². The van der Waals surface area contributed by atoms with Gasteiger partial charge in [0.25, 0.3) is 0 Å². The van der Waals surface area contributed by atoms with E-state index < -0.39 is 0 Å². The Morgan fingerprint density at radius 1 is 1.58 bits per heavy atom. The number of hydrogen-bond donors (Lipinski definition) is 1. The van der Waals surface area contributed by atoms with Gasteiger partial charge < -0.3 is 10.1 Å². The minimum absolute atomic E-state index is 0.215. The van der Waals surface area contributed by atoms with E-state index in [0.717, 1.165) is 17.4 Å². The maximum Gasteiger partial charge on any atom is 0.146 e. The number of pyridine rings is 1. The number of aldehydes is 1. The molecule has 1 aromatic rings. The molecule has 1 atom stereocenters. The highest BCUT2D eigenvalue weighted by Crippen LogP contribution is 2.19. The lowest BCUT2D eigenvalue weighted by Gasteiger charge is -2.17. The summed E-state index contributed by atoms with van der Waals surface area (Å²) in [5.41, 5.74) is 2.00. The molecule has 0 spiro atoms. The SMILES string of the molecule is O=CC1NC=Cc2cnccc21. The highest BCUT2D eigenvalue weighted by atomic mass is 16.1. The summed E-state index contributed by atoms with van der Waals surface area (Å²) in [6.45, 7) is 0. The molecule has 1 aliphatic rings. The average Bonchev–Trinajstić information content (AvgIpc) is 2.17. The maximum atomic E-state index is 10.6. The van der Waals surface area contributed by atoms with Gasteiger partial charge in [0.15, 0.2) is 0 Å². The van der Waals surface area contributed by atoms with Crippen molar-refractivity contribution in [3.05, 3.63) is 35.8 Å². The van der Waals surface area contributed by atoms with E-state index in [1.165, 1.54) is 0 Å². The first-order valence-electron chi connectivity index (χ1n) is 3.73. The van der Waals surface area contributed by atoms with Crippen molar-refractivity contribution >= 4 is 12.4 Å². The molecule has 0 radical (unpaired) electrons. The number of fused-ring (bicyclic) bond motifs is 1. The van der Waals surface area contributed by atoms with Crippen LogP contribution < -0.4 is 5.32 Å². The molecule has 0 fully saturated rings. The molecule has 1 aromatic heterocycles. The van der Waals surface area contributed by atoms with E-state index in [9.17, 15) is 4.79 Å². The van der Waals surface area contributed by atoms with Crippen LogP contribution in [0, 0.1) is 0 Å². The molecule has 0 aliphatic carbocycles. The van der Waals surface area contributed by atoms with Crippen LogP contribution in [0.1, 0.15) is 17.2 Å². The van der Waals surface area contributed by atoms with E-state index in [1.807, 2.05) is 12.1 Å². The van der Waals surface area contributed by atoms with Gasteiger partial charge in [-0.1, -0.05) is 0 Å². The molecule has 12 heavy (non-hydrogen) atoms. The Kier molecular flexibility index (Phi) is 1.63. The van der Waals surface area contributed by atoms with Gasteiger partial charge in [0.2, 0.25) is 0 Å². The Bertz CT molecular complexity index is 333. The average molecular weight is 160 g/mol. The molecule has 1 N–H and O–H groups in total. The molecular formula is C9H8N2O. The molecule has 2 rings (SSSR count). The Morgan fingerprint density at radius 2 is 2.50 bits per heavy atom. The molecule has 3 heteroatoms. The number of nitrogens with zero attached hydrogens (tertiary/aromatic N) is 1. The van der Waals surface area contributed by atoms with Gasteiger partial charge in [-0.15, -0.1) is 0 Å². The van der Waals surface area contributed by atoms with Crippen LogP contribution in [-0.4, -0.2) is 11.3 Å². The zero-order valence-corrected chi connectivity index (χ0v) is 6.40. The first kappa shape index (κ1) is 7.03. The molecule has 0 saturated heterocycles. The van der Waals surface area contributed by atoms with Crippen LogP contribution in [0.5, 0.6) is 0 Å². The van der Waals surface area contributed by atoms with E-state index in [1.54, 1.807) is 18.6 Å². The van der Waals surface area contributed by atoms with Gasteiger partial charge in [-0.25, -0.2) is 0 Å². The molecule has 0 saturated carbocycles. The molecule has 2 heterocycles. The van der Waals surface area contributed by atoms with Crippen molar-refractivity contribution in [2.75, 3.05) is 0 Å². The number of rotatable bonds is 1. The summed E-state index contributed by atoms with van der Waals surface area (Å²) in [6.07, 6.45) is 8.01. The monoisotopic (exact) mass is 160 g/mol. The van der Waals surface area contributed by atoms with Crippen LogP contribution in [0.15, 0.2) is 24.7 Å². The predicted molar refractivity (Wildman–Crippen MR) is 45.2 cm³/mol. The van der Waals surface area contributed by atoms with E-state index in [2.05, 4.69) is 10.3 Å². The minimum Gasteiger partial charge on any atom is -0.378 e. The summed E-state index contributed by atoms with van der Waals surface area (Å²) >= 11 is 0. The summed E-state index contributed by atoms with van der Waals surface area (Å²) in [5, 5.41) is 2.95. The van der Waals surface area contributed by atoms with E-state index in [-0.39, 0.29) is 6.04 Å². The second-order valence-electron chi connectivity index (χ2n) is 2.62. The summed E-state index contributed by atoms with van der Waals surface area (Å²) in [5.74, 6) is 0. The first-order valence-corrected chi connectivity index (χ1v) is 3.73. The van der Waals surface area contributed by atoms with Gasteiger partial charge in [-0.05, 0) is 29.5 Å². The van der Waals surface area contributed by atoms with Crippen molar-refractivity contribution in [3.8, 4) is 0 Å². The molecule has 3 nitrogen and oxygen atoms in total. The summed E-state index contributed by atoms with van der Waals surface area (Å²) in [4.78, 5) is 14.6. The molecule has 1 aliphatic heterocycles. The smallest absolute Gasteiger partial charge is 0.146 e. The molecule has 1 unspecified atom stereocenters. The predicted octanol–water partition coefficient (Wildman–Crippen LogP) is 0.896. The Labute approximate surface area is 70.1 Å². The van der Waals surface area contributed by atoms with Gasteiger partial charge in [0, 0.05) is 12.4 Å². The van der Waals surface area contributed by atoms with Crippen molar-refractivity contribution in [1.29, 1.82) is 0 Å². The number of hydrogen-bond acceptors (Lipinski definition) is 3. The normalized spacial score (nSPS) is 19.5. The fourth-order valence-electron chi connectivity index (χ4n) is 1.28. The standard InChI is InChI=1S/C9H8N2O/c12-6-9-8-2-3-10-5-7(8)1-4-11-9/h1-6,9,11H. The van der Waals surface area contributed by atoms with Gasteiger partial charge in [-0.3, -0.25) is 4.98 Å². The Hall–Kier alpha value is -1.64. The molecular weight excluding hydrogens is 152 g/mol. The number of carbonyl (C=O) groups is 1. The third-order valence-corrected chi connectivity index (χ3v) is 1.90. The number of carbonyl (C=O) groups excluding carboxylic acids is 1. The highest BCUT2D eigenvalue weighted by Gasteiger charge is 2.14. The van der Waals surface area contributed by atoms with Crippen LogP contribution in [0.4, 0.5) is 0 Å². The van der Waals surface area contributed by atoms with Gasteiger partial charge in [-0.2, -0.15) is 0 Å². The molecule has 60 valence electrons. The largest absolute Gasteiger partial charge is 0.378 e. The lowest BCUT2D eigenvalue weighted by atomic mass is 10.0. The van der Waals surface area contributed by atoms with E-state index in [4.69, 9.17) is 0 Å². The van der Waals surface area contributed by atoms with Crippen LogP contribution >= 0.6 is 0 Å². The lowest BCUT2D eigenvalue weighted by Crippen LogP contribution is -2.20. The van der Waals surface area contributed by atoms with Crippen LogP contribution in [0.3, 0.4) is 0 Å². The third kappa shape index (κ3) is 0.993. The summed E-state index contributed by atoms with van der Waals surface area (Å²) in [6, 6.07) is 1.64. The highest BCUT2D eigenvalue weighted by molar-refractivity contribution is 5.69. The van der Waals surface area contributed by atoms with Gasteiger partial charge in [0.05, 0.1) is 0 Å². The van der Waals surface area contributed by atoms with Crippen molar-refractivity contribution in [2.45, 2.75) is 6.04 Å². The maximum absolute atomic E-state index is 10.6. The molecule has 0 bridgehead atoms. The van der Waals surface area contributed by atoms with Crippen LogP contribution in [0.2, 0.25) is 0 Å². The quantitative estimate of drug-likeness (QED) is 0.620. The lowest BCUT2D eigenvalue weighted by molar-refractivity contribution is -0.109. The fourth-order valence-corrected chi connectivity index (χ4v) is 1.28. The van der Waals surface area contributed by atoms with Crippen molar-refractivity contribution in [1.82, 2.24) is 10.3 Å². The zero-order valence-electron chi connectivity index (χ0n) is 6.40. The Balaban J connectivity index is 2.52. The molecule has 0 amide bonds. The fraction of sp³-hybridized carbons (Fsp3) is 0.111. The summed E-state index contributed by atoms with van der Waals surface area (Å²) in [7, 11) is 0. The van der Waals surface area contributed by atoms with Crippen molar-refractivity contribution in [3.63, 3.8) is 0 Å². The zero-order chi connectivity index (χ0) is 8.39. The number of aromatic nitrogens is 1. The van der Waals surface area contributed by atoms with Gasteiger partial charge >= 0.3 is 0 Å². The minimum atomic E-state index is -0.215. The van der Waals surface area contributed by atoms with E-state index in [0.29, 0.717) is 0 Å². The third-order valence-electron chi connectivity index (χ3n) is 1.90. The van der Waals surface area contributed by atoms with Gasteiger partial charge in [0.1, 0.15) is 12.3 Å². The van der Waals surface area contributed by atoms with Crippen molar-refractivity contribution in [2.24, 2.45) is 0 Å². The topological polar surface area (TPSA) is 42.0 Å². The summed E-state index contributed by atoms with van der Waals surface area (Å²) < 4.78 is 0. The molecule has 0 aromatic carbocycles.